The Kier molecular flexibility index (Phi) is 6.58. The molecule has 7 nitrogen and oxygen atoms in total. The van der Waals surface area contributed by atoms with E-state index in [0.717, 1.165) is 12.8 Å². The zero-order valence-electron chi connectivity index (χ0n) is 12.4. The lowest BCUT2D eigenvalue weighted by Gasteiger charge is -2.21. The first-order chi connectivity index (χ1) is 10.0. The van der Waals surface area contributed by atoms with E-state index in [1.165, 1.54) is 6.07 Å². The third-order valence-corrected chi connectivity index (χ3v) is 3.66. The van der Waals surface area contributed by atoms with Gasteiger partial charge in [0.25, 0.3) is 5.69 Å². The molecule has 1 saturated carbocycles. The Morgan fingerprint density at radius 1 is 1.50 bits per heavy atom. The van der Waals surface area contributed by atoms with Gasteiger partial charge >= 0.3 is 0 Å². The predicted octanol–water partition coefficient (Wildman–Crippen LogP) is 1.31. The second-order valence-electron chi connectivity index (χ2n) is 5.35. The number of nitro groups is 1. The maximum absolute atomic E-state index is 12.0. The number of carbonyl (C=O) groups is 1. The van der Waals surface area contributed by atoms with E-state index >= 15 is 0 Å². The van der Waals surface area contributed by atoms with Crippen LogP contribution in [0.4, 0.5) is 11.4 Å². The quantitative estimate of drug-likeness (QED) is 0.580. The summed E-state index contributed by atoms with van der Waals surface area (Å²) in [6, 6.07) is 6.39. The van der Waals surface area contributed by atoms with E-state index in [1.54, 1.807) is 30.1 Å². The molecule has 1 aliphatic carbocycles. The van der Waals surface area contributed by atoms with Crippen LogP contribution in [0.5, 0.6) is 0 Å². The number of para-hydroxylation sites is 2. The molecule has 1 unspecified atom stereocenters. The van der Waals surface area contributed by atoms with Crippen molar-refractivity contribution in [2.45, 2.75) is 18.9 Å². The summed E-state index contributed by atoms with van der Waals surface area (Å²) in [6.07, 6.45) is 2.20. The highest BCUT2D eigenvalue weighted by molar-refractivity contribution is 5.85. The van der Waals surface area contributed by atoms with E-state index in [-0.39, 0.29) is 36.6 Å². The van der Waals surface area contributed by atoms with Crippen LogP contribution in [0.15, 0.2) is 24.3 Å². The van der Waals surface area contributed by atoms with Crippen molar-refractivity contribution in [2.24, 2.45) is 11.7 Å². The van der Waals surface area contributed by atoms with Crippen LogP contribution in [0, 0.1) is 16.0 Å². The van der Waals surface area contributed by atoms with Gasteiger partial charge in [-0.15, -0.1) is 12.4 Å². The maximum atomic E-state index is 12.0. The molecule has 122 valence electrons. The van der Waals surface area contributed by atoms with Gasteiger partial charge in [-0.05, 0) is 24.8 Å². The van der Waals surface area contributed by atoms with E-state index in [0.29, 0.717) is 18.2 Å². The van der Waals surface area contributed by atoms with Crippen LogP contribution in [0.3, 0.4) is 0 Å². The summed E-state index contributed by atoms with van der Waals surface area (Å²) in [4.78, 5) is 24.2. The Morgan fingerprint density at radius 2 is 2.14 bits per heavy atom. The number of likely N-dealkylation sites (N-methyl/N-ethyl adjacent to an activating group) is 1. The molecule has 22 heavy (non-hydrogen) atoms. The van der Waals surface area contributed by atoms with Crippen LogP contribution in [0.2, 0.25) is 0 Å². The summed E-state index contributed by atoms with van der Waals surface area (Å²) in [5.74, 6) is 0.313. The monoisotopic (exact) mass is 328 g/mol. The number of hydrogen-bond acceptors (Lipinski definition) is 5. The fraction of sp³-hybridized carbons (Fsp3) is 0.500. The van der Waals surface area contributed by atoms with Crippen molar-refractivity contribution in [3.8, 4) is 0 Å². The molecule has 1 atom stereocenters. The van der Waals surface area contributed by atoms with Crippen molar-refractivity contribution in [1.82, 2.24) is 5.32 Å². The van der Waals surface area contributed by atoms with Gasteiger partial charge < -0.3 is 16.0 Å². The Labute approximate surface area is 135 Å². The van der Waals surface area contributed by atoms with Crippen LogP contribution in [0.25, 0.3) is 0 Å². The summed E-state index contributed by atoms with van der Waals surface area (Å²) >= 11 is 0. The molecular formula is C14H21ClN4O3. The summed E-state index contributed by atoms with van der Waals surface area (Å²) < 4.78 is 0. The zero-order chi connectivity index (χ0) is 15.4. The highest BCUT2D eigenvalue weighted by Crippen LogP contribution is 2.32. The van der Waals surface area contributed by atoms with Crippen LogP contribution in [-0.4, -0.2) is 37.0 Å². The molecule has 2 rings (SSSR count). The van der Waals surface area contributed by atoms with Gasteiger partial charge in [-0.2, -0.15) is 0 Å². The lowest BCUT2D eigenvalue weighted by atomic mass is 10.2. The molecule has 8 heteroatoms. The molecule has 1 aliphatic rings. The molecular weight excluding hydrogens is 308 g/mol. The predicted molar refractivity (Wildman–Crippen MR) is 87.3 cm³/mol. The maximum Gasteiger partial charge on any atom is 0.292 e. The second kappa shape index (κ2) is 7.95. The number of halogens is 1. The van der Waals surface area contributed by atoms with Crippen LogP contribution in [-0.2, 0) is 4.79 Å². The van der Waals surface area contributed by atoms with Crippen LogP contribution < -0.4 is 16.0 Å². The van der Waals surface area contributed by atoms with E-state index in [2.05, 4.69) is 5.32 Å². The Morgan fingerprint density at radius 3 is 2.68 bits per heavy atom. The van der Waals surface area contributed by atoms with E-state index in [1.807, 2.05) is 0 Å². The molecule has 0 radical (unpaired) electrons. The van der Waals surface area contributed by atoms with Crippen molar-refractivity contribution in [2.75, 3.05) is 25.0 Å². The fourth-order valence-corrected chi connectivity index (χ4v) is 2.36. The molecule has 1 amide bonds. The highest BCUT2D eigenvalue weighted by Gasteiger charge is 2.31. The van der Waals surface area contributed by atoms with Crippen molar-refractivity contribution >= 4 is 29.7 Å². The number of nitrogens with one attached hydrogen (secondary N) is 1. The molecule has 0 saturated heterocycles. The van der Waals surface area contributed by atoms with E-state index in [4.69, 9.17) is 5.73 Å². The molecule has 0 heterocycles. The van der Waals surface area contributed by atoms with Gasteiger partial charge in [0.05, 0.1) is 11.5 Å². The molecule has 0 aromatic heterocycles. The lowest BCUT2D eigenvalue weighted by molar-refractivity contribution is -0.384. The molecule has 0 aliphatic heterocycles. The third-order valence-electron chi connectivity index (χ3n) is 3.66. The van der Waals surface area contributed by atoms with Gasteiger partial charge in [-0.3, -0.25) is 14.9 Å². The number of nitrogens with two attached hydrogens (primary N) is 1. The Hall–Kier alpha value is -1.86. The van der Waals surface area contributed by atoms with Gasteiger partial charge in [0.2, 0.25) is 5.91 Å². The molecule has 0 spiro atoms. The first kappa shape index (κ1) is 18.2. The number of nitrogens with zero attached hydrogens (tertiary/aromatic N) is 2. The number of carbonyl (C=O) groups excluding carboxylic acids is 1. The normalized spacial score (nSPS) is 14.6. The minimum atomic E-state index is -0.448. The van der Waals surface area contributed by atoms with Crippen molar-refractivity contribution < 1.29 is 9.72 Å². The lowest BCUT2D eigenvalue weighted by Crippen LogP contribution is -2.45. The average molecular weight is 329 g/mol. The first-order valence-electron chi connectivity index (χ1n) is 6.97. The number of anilines is 1. The van der Waals surface area contributed by atoms with E-state index in [9.17, 15) is 14.9 Å². The minimum absolute atomic E-state index is 0. The van der Waals surface area contributed by atoms with Crippen LogP contribution >= 0.6 is 12.4 Å². The zero-order valence-corrected chi connectivity index (χ0v) is 13.2. The number of rotatable bonds is 7. The average Bonchev–Trinajstić information content (AvgIpc) is 3.29. The molecule has 1 aromatic rings. The second-order valence-corrected chi connectivity index (χ2v) is 5.35. The molecule has 3 N–H and O–H groups in total. The topological polar surface area (TPSA) is 102 Å². The smallest absolute Gasteiger partial charge is 0.292 e. The van der Waals surface area contributed by atoms with Crippen LogP contribution in [0.1, 0.15) is 12.8 Å². The summed E-state index contributed by atoms with van der Waals surface area (Å²) in [5, 5.41) is 13.9. The van der Waals surface area contributed by atoms with Crippen molar-refractivity contribution in [3.63, 3.8) is 0 Å². The number of nitro benzene ring substituents is 1. The standard InChI is InChI=1S/C14H20N4O3.ClH/c1-17(12-4-2-3-5-13(12)18(20)21)9-14(19)16-11(8-15)10-6-7-10;/h2-5,10-11H,6-9,15H2,1H3,(H,16,19);1H. The van der Waals surface area contributed by atoms with Gasteiger partial charge in [-0.25, -0.2) is 0 Å². The Bertz CT molecular complexity index is 537. The van der Waals surface area contributed by atoms with Gasteiger partial charge in [0, 0.05) is 25.7 Å². The summed E-state index contributed by atoms with van der Waals surface area (Å²) in [6.45, 7) is 0.486. The molecule has 1 fully saturated rings. The van der Waals surface area contributed by atoms with E-state index < -0.39 is 4.92 Å². The summed E-state index contributed by atoms with van der Waals surface area (Å²) in [5.41, 5.74) is 6.07. The van der Waals surface area contributed by atoms with Crippen molar-refractivity contribution in [1.29, 1.82) is 0 Å². The molecule has 0 bridgehead atoms. The highest BCUT2D eigenvalue weighted by atomic mass is 35.5. The minimum Gasteiger partial charge on any atom is -0.360 e. The first-order valence-corrected chi connectivity index (χ1v) is 6.97. The van der Waals surface area contributed by atoms with Gasteiger partial charge in [0.1, 0.15) is 5.69 Å². The van der Waals surface area contributed by atoms with Gasteiger partial charge in [0.15, 0.2) is 0 Å². The number of benzene rings is 1. The SMILES string of the molecule is CN(CC(=O)NC(CN)C1CC1)c1ccccc1[N+](=O)[O-].Cl. The van der Waals surface area contributed by atoms with Crippen molar-refractivity contribution in [3.05, 3.63) is 34.4 Å². The third kappa shape index (κ3) is 4.57. The molecule has 1 aromatic carbocycles. The number of hydrogen-bond donors (Lipinski definition) is 2. The summed E-state index contributed by atoms with van der Waals surface area (Å²) in [7, 11) is 1.66. The van der Waals surface area contributed by atoms with Gasteiger partial charge in [-0.1, -0.05) is 12.1 Å². The number of amides is 1. The largest absolute Gasteiger partial charge is 0.360 e. The Balaban J connectivity index is 0.00000242. The fourth-order valence-electron chi connectivity index (χ4n) is 2.36.